The van der Waals surface area contributed by atoms with Gasteiger partial charge in [-0.1, -0.05) is 79.0 Å². The van der Waals surface area contributed by atoms with E-state index in [1.54, 1.807) is 29.2 Å². The highest BCUT2D eigenvalue weighted by atomic mass is 35.5. The molecular weight excluding hydrogens is 609 g/mol. The Morgan fingerprint density at radius 2 is 1.65 bits per heavy atom. The van der Waals surface area contributed by atoms with Crippen LogP contribution < -0.4 is 14.4 Å². The Labute approximate surface area is 265 Å². The summed E-state index contributed by atoms with van der Waals surface area (Å²) in [5.41, 5.74) is 2.12. The zero-order valence-electron chi connectivity index (χ0n) is 24.8. The molecule has 0 fully saturated rings. The summed E-state index contributed by atoms with van der Waals surface area (Å²) in [6.45, 7) is 2.80. The molecule has 3 rings (SSSR count). The molecule has 8 nitrogen and oxygen atoms in total. The first-order chi connectivity index (χ1) is 20.5. The fraction of sp³-hybridized carbons (Fsp3) is 0.375. The minimum atomic E-state index is -3.68. The number of amides is 2. The number of sulfonamides is 1. The van der Waals surface area contributed by atoms with Gasteiger partial charge in [0.05, 0.1) is 24.1 Å². The molecule has 0 spiro atoms. The van der Waals surface area contributed by atoms with Crippen LogP contribution in [0.3, 0.4) is 0 Å². The Morgan fingerprint density at radius 1 is 0.953 bits per heavy atom. The number of anilines is 1. The van der Waals surface area contributed by atoms with Crippen molar-refractivity contribution < 1.29 is 22.7 Å². The van der Waals surface area contributed by atoms with Gasteiger partial charge in [0.25, 0.3) is 0 Å². The predicted octanol–water partition coefficient (Wildman–Crippen LogP) is 6.10. The number of unbranched alkanes of at least 4 members (excludes halogenated alkanes) is 1. The van der Waals surface area contributed by atoms with Crippen molar-refractivity contribution in [2.45, 2.75) is 51.6 Å². The van der Waals surface area contributed by atoms with Crippen LogP contribution in [-0.4, -0.2) is 57.6 Å². The number of hydrogen-bond donors (Lipinski definition) is 1. The van der Waals surface area contributed by atoms with Gasteiger partial charge in [0, 0.05) is 37.5 Å². The van der Waals surface area contributed by atoms with Gasteiger partial charge in [-0.05, 0) is 54.3 Å². The Kier molecular flexibility index (Phi) is 13.2. The minimum absolute atomic E-state index is 0.0248. The van der Waals surface area contributed by atoms with Gasteiger partial charge in [0.2, 0.25) is 21.8 Å². The second kappa shape index (κ2) is 16.5. The number of hydrogen-bond acceptors (Lipinski definition) is 5. The van der Waals surface area contributed by atoms with Crippen LogP contribution in [-0.2, 0) is 32.6 Å². The lowest BCUT2D eigenvalue weighted by Crippen LogP contribution is -2.50. The highest BCUT2D eigenvalue weighted by molar-refractivity contribution is 7.92. The highest BCUT2D eigenvalue weighted by Crippen LogP contribution is 2.30. The number of carbonyl (C=O) groups is 2. The molecule has 1 atom stereocenters. The number of rotatable bonds is 16. The van der Waals surface area contributed by atoms with E-state index >= 15 is 0 Å². The molecule has 0 saturated heterocycles. The number of carbonyl (C=O) groups excluding carboxylic acids is 2. The Morgan fingerprint density at radius 3 is 2.26 bits per heavy atom. The molecule has 0 saturated carbocycles. The van der Waals surface area contributed by atoms with Crippen LogP contribution in [0.4, 0.5) is 5.69 Å². The third-order valence-corrected chi connectivity index (χ3v) is 8.68. The zero-order valence-corrected chi connectivity index (χ0v) is 27.1. The standard InChI is InChI=1S/C32H39Cl2N3O5S/c1-4-5-19-35-32(39)29(21-24-10-7-6-8-11-24)36(23-25-13-15-26(33)16-14-25)31(38)12-9-20-37(43(3,40)41)27-17-18-30(42-2)28(34)22-27/h6-8,10-11,13-18,22,29H,4-5,9,12,19-21,23H2,1-3H3,(H,35,39)/t29-/m1/s1. The highest BCUT2D eigenvalue weighted by Gasteiger charge is 2.30. The lowest BCUT2D eigenvalue weighted by atomic mass is 10.0. The molecule has 0 heterocycles. The van der Waals surface area contributed by atoms with Gasteiger partial charge in [-0.2, -0.15) is 0 Å². The number of halogens is 2. The molecule has 232 valence electrons. The van der Waals surface area contributed by atoms with Gasteiger partial charge in [0.15, 0.2) is 0 Å². The van der Waals surface area contributed by atoms with Crippen molar-refractivity contribution in [1.82, 2.24) is 10.2 Å². The first kappa shape index (κ1) is 34.2. The van der Waals surface area contributed by atoms with E-state index in [1.165, 1.54) is 17.5 Å². The summed E-state index contributed by atoms with van der Waals surface area (Å²) in [7, 11) is -2.20. The van der Waals surface area contributed by atoms with Crippen LogP contribution >= 0.6 is 23.2 Å². The summed E-state index contributed by atoms with van der Waals surface area (Å²) in [5.74, 6) is -0.0680. The van der Waals surface area contributed by atoms with Crippen molar-refractivity contribution in [2.75, 3.05) is 30.8 Å². The minimum Gasteiger partial charge on any atom is -0.495 e. The second-order valence-corrected chi connectivity index (χ2v) is 13.0. The third-order valence-electron chi connectivity index (χ3n) is 6.94. The zero-order chi connectivity index (χ0) is 31.4. The van der Waals surface area contributed by atoms with Crippen molar-refractivity contribution in [1.29, 1.82) is 0 Å². The quantitative estimate of drug-likeness (QED) is 0.189. The first-order valence-electron chi connectivity index (χ1n) is 14.2. The van der Waals surface area contributed by atoms with Crippen molar-refractivity contribution in [3.63, 3.8) is 0 Å². The molecule has 0 aliphatic carbocycles. The largest absolute Gasteiger partial charge is 0.495 e. The van der Waals surface area contributed by atoms with E-state index in [1.807, 2.05) is 49.4 Å². The van der Waals surface area contributed by atoms with E-state index in [-0.39, 0.29) is 42.8 Å². The fourth-order valence-electron chi connectivity index (χ4n) is 4.66. The lowest BCUT2D eigenvalue weighted by molar-refractivity contribution is -0.141. The predicted molar refractivity (Wildman–Crippen MR) is 173 cm³/mol. The summed E-state index contributed by atoms with van der Waals surface area (Å²) in [6.07, 6.45) is 3.44. The smallest absolute Gasteiger partial charge is 0.243 e. The molecular formula is C32H39Cl2N3O5S. The van der Waals surface area contributed by atoms with E-state index in [9.17, 15) is 18.0 Å². The Balaban J connectivity index is 1.87. The van der Waals surface area contributed by atoms with E-state index in [0.29, 0.717) is 29.4 Å². The molecule has 0 aliphatic rings. The van der Waals surface area contributed by atoms with Crippen LogP contribution in [0.2, 0.25) is 10.0 Å². The second-order valence-electron chi connectivity index (χ2n) is 10.3. The van der Waals surface area contributed by atoms with Gasteiger partial charge in [-0.25, -0.2) is 8.42 Å². The maximum absolute atomic E-state index is 13.9. The lowest BCUT2D eigenvalue weighted by Gasteiger charge is -2.32. The normalized spacial score (nSPS) is 11.9. The third kappa shape index (κ3) is 10.4. The van der Waals surface area contributed by atoms with Crippen molar-refractivity contribution in [3.05, 3.63) is 94.0 Å². The maximum atomic E-state index is 13.9. The molecule has 1 N–H and O–H groups in total. The Hall–Kier alpha value is -3.27. The van der Waals surface area contributed by atoms with Crippen molar-refractivity contribution in [3.8, 4) is 5.75 Å². The molecule has 0 bridgehead atoms. The number of ether oxygens (including phenoxy) is 1. The summed E-state index contributed by atoms with van der Waals surface area (Å²) < 4.78 is 31.8. The summed E-state index contributed by atoms with van der Waals surface area (Å²) in [6, 6.07) is 20.7. The van der Waals surface area contributed by atoms with E-state index in [4.69, 9.17) is 27.9 Å². The molecule has 3 aromatic carbocycles. The number of methoxy groups -OCH3 is 1. The number of nitrogens with zero attached hydrogens (tertiary/aromatic N) is 2. The monoisotopic (exact) mass is 647 g/mol. The summed E-state index contributed by atoms with van der Waals surface area (Å²) in [4.78, 5) is 29.0. The SMILES string of the molecule is CCCCNC(=O)[C@@H](Cc1ccccc1)N(Cc1ccc(Cl)cc1)C(=O)CCCN(c1ccc(OC)c(Cl)c1)S(C)(=O)=O. The van der Waals surface area contributed by atoms with E-state index in [2.05, 4.69) is 5.32 Å². The van der Waals surface area contributed by atoms with Crippen LogP contribution in [0.15, 0.2) is 72.8 Å². The maximum Gasteiger partial charge on any atom is 0.243 e. The van der Waals surface area contributed by atoms with E-state index in [0.717, 1.165) is 30.2 Å². The summed E-state index contributed by atoms with van der Waals surface area (Å²) >= 11 is 12.4. The van der Waals surface area contributed by atoms with Crippen molar-refractivity contribution >= 4 is 50.7 Å². The van der Waals surface area contributed by atoms with E-state index < -0.39 is 16.1 Å². The van der Waals surface area contributed by atoms with Gasteiger partial charge < -0.3 is 15.0 Å². The first-order valence-corrected chi connectivity index (χ1v) is 16.8. The van der Waals surface area contributed by atoms with Crippen LogP contribution in [0.25, 0.3) is 0 Å². The molecule has 3 aromatic rings. The average molecular weight is 649 g/mol. The molecule has 0 radical (unpaired) electrons. The molecule has 11 heteroatoms. The number of nitrogens with one attached hydrogen (secondary N) is 1. The molecule has 0 aromatic heterocycles. The molecule has 0 aliphatic heterocycles. The van der Waals surface area contributed by atoms with Gasteiger partial charge in [-0.3, -0.25) is 13.9 Å². The molecule has 0 unspecified atom stereocenters. The van der Waals surface area contributed by atoms with Gasteiger partial charge in [-0.15, -0.1) is 0 Å². The topological polar surface area (TPSA) is 96.0 Å². The van der Waals surface area contributed by atoms with Crippen LogP contribution in [0, 0.1) is 0 Å². The Bertz CT molecular complexity index is 1450. The molecule has 2 amide bonds. The molecule has 43 heavy (non-hydrogen) atoms. The fourth-order valence-corrected chi connectivity index (χ4v) is 6.00. The van der Waals surface area contributed by atoms with Crippen LogP contribution in [0.1, 0.15) is 43.7 Å². The number of benzene rings is 3. The van der Waals surface area contributed by atoms with Crippen molar-refractivity contribution in [2.24, 2.45) is 0 Å². The summed E-state index contributed by atoms with van der Waals surface area (Å²) in [5, 5.41) is 3.84. The van der Waals surface area contributed by atoms with Crippen LogP contribution in [0.5, 0.6) is 5.75 Å². The van der Waals surface area contributed by atoms with Gasteiger partial charge >= 0.3 is 0 Å². The average Bonchev–Trinajstić information content (AvgIpc) is 2.98. The van der Waals surface area contributed by atoms with Gasteiger partial charge in [0.1, 0.15) is 11.8 Å².